The van der Waals surface area contributed by atoms with Crippen LogP contribution in [0.3, 0.4) is 0 Å². The summed E-state index contributed by atoms with van der Waals surface area (Å²) in [5, 5.41) is 31.7. The van der Waals surface area contributed by atoms with E-state index < -0.39 is 16.9 Å². The van der Waals surface area contributed by atoms with Gasteiger partial charge in [0.25, 0.3) is 0 Å². The molecule has 1 heterocycles. The molecule has 142 valence electrons. The van der Waals surface area contributed by atoms with Crippen LogP contribution in [0.15, 0.2) is 36.4 Å². The zero-order chi connectivity index (χ0) is 19.7. The molecule has 5 heteroatoms. The van der Waals surface area contributed by atoms with Crippen LogP contribution in [0.5, 0.6) is 11.8 Å². The summed E-state index contributed by atoms with van der Waals surface area (Å²) in [6.45, 7) is 9.44. The summed E-state index contributed by atoms with van der Waals surface area (Å²) in [4.78, 5) is 12.6. The van der Waals surface area contributed by atoms with Crippen molar-refractivity contribution < 1.29 is 20.1 Å². The standard InChI is InChI=1S/C21H29NO4/c1-14(2)11-16-12-17(23)22(18(16)24)21(19(25)26,20(3,4)5)13-15-9-7-6-8-10-15/h6-10,12,14,23-24H,11,13H2,1-5H3,(H,25,26)/t21-/m0/s1. The van der Waals surface area contributed by atoms with Crippen LogP contribution in [-0.2, 0) is 23.2 Å². The first-order valence-corrected chi connectivity index (χ1v) is 8.91. The number of rotatable bonds is 6. The molecule has 0 aliphatic heterocycles. The smallest absolute Gasteiger partial charge is 0.331 e. The lowest BCUT2D eigenvalue weighted by Crippen LogP contribution is -2.53. The van der Waals surface area contributed by atoms with Crippen molar-refractivity contribution in [3.63, 3.8) is 0 Å². The van der Waals surface area contributed by atoms with E-state index in [0.717, 1.165) is 5.56 Å². The minimum absolute atomic E-state index is 0.142. The van der Waals surface area contributed by atoms with Crippen LogP contribution in [0.1, 0.15) is 45.7 Å². The van der Waals surface area contributed by atoms with E-state index in [-0.39, 0.29) is 24.1 Å². The molecule has 2 aromatic rings. The van der Waals surface area contributed by atoms with Crippen molar-refractivity contribution in [2.24, 2.45) is 11.3 Å². The van der Waals surface area contributed by atoms with Gasteiger partial charge in [0, 0.05) is 18.1 Å². The molecule has 0 aliphatic rings. The summed E-state index contributed by atoms with van der Waals surface area (Å²) in [5.41, 5.74) is -0.946. The highest BCUT2D eigenvalue weighted by molar-refractivity contribution is 5.79. The maximum atomic E-state index is 12.6. The molecule has 2 rings (SSSR count). The summed E-state index contributed by atoms with van der Waals surface area (Å²) in [5.74, 6) is -1.24. The summed E-state index contributed by atoms with van der Waals surface area (Å²) in [6, 6.07) is 10.8. The third-order valence-corrected chi connectivity index (χ3v) is 4.94. The predicted molar refractivity (Wildman–Crippen MR) is 102 cm³/mol. The minimum atomic E-state index is -1.54. The van der Waals surface area contributed by atoms with Gasteiger partial charge in [-0.2, -0.15) is 0 Å². The van der Waals surface area contributed by atoms with Gasteiger partial charge < -0.3 is 15.3 Å². The second-order valence-electron chi connectivity index (χ2n) is 8.36. The number of hydrogen-bond acceptors (Lipinski definition) is 3. The number of carbonyl (C=O) groups is 1. The molecule has 3 N–H and O–H groups in total. The first kappa shape index (κ1) is 19.9. The van der Waals surface area contributed by atoms with Gasteiger partial charge >= 0.3 is 5.97 Å². The van der Waals surface area contributed by atoms with Crippen LogP contribution in [0.25, 0.3) is 0 Å². The molecule has 0 radical (unpaired) electrons. The second-order valence-corrected chi connectivity index (χ2v) is 8.36. The molecule has 0 spiro atoms. The molecule has 0 saturated heterocycles. The van der Waals surface area contributed by atoms with E-state index in [2.05, 4.69) is 0 Å². The maximum Gasteiger partial charge on any atom is 0.331 e. The third kappa shape index (κ3) is 3.43. The summed E-state index contributed by atoms with van der Waals surface area (Å²) >= 11 is 0. The summed E-state index contributed by atoms with van der Waals surface area (Å²) < 4.78 is 1.19. The molecule has 1 aromatic heterocycles. The Bertz CT molecular complexity index is 771. The fourth-order valence-corrected chi connectivity index (χ4v) is 3.57. The zero-order valence-corrected chi connectivity index (χ0v) is 16.2. The lowest BCUT2D eigenvalue weighted by molar-refractivity contribution is -0.155. The molecule has 0 fully saturated rings. The van der Waals surface area contributed by atoms with Crippen LogP contribution in [-0.4, -0.2) is 25.9 Å². The Labute approximate surface area is 154 Å². The molecule has 0 aliphatic carbocycles. The SMILES string of the molecule is CC(C)Cc1cc(O)n([C@@](Cc2ccccc2)(C(=O)O)C(C)(C)C)c1O. The number of aliphatic carboxylic acids is 1. The maximum absolute atomic E-state index is 12.6. The summed E-state index contributed by atoms with van der Waals surface area (Å²) in [6.07, 6.45) is 0.696. The van der Waals surface area contributed by atoms with Crippen molar-refractivity contribution in [3.05, 3.63) is 47.5 Å². The number of hydrogen-bond donors (Lipinski definition) is 3. The number of aromatic hydroxyl groups is 2. The zero-order valence-electron chi connectivity index (χ0n) is 16.2. The molecule has 5 nitrogen and oxygen atoms in total. The number of carboxylic acid groups (broad SMARTS) is 1. The number of aromatic nitrogens is 1. The van der Waals surface area contributed by atoms with Gasteiger partial charge in [-0.3, -0.25) is 4.57 Å². The van der Waals surface area contributed by atoms with E-state index in [1.54, 1.807) is 0 Å². The van der Waals surface area contributed by atoms with E-state index in [1.165, 1.54) is 10.6 Å². The van der Waals surface area contributed by atoms with Crippen LogP contribution in [0, 0.1) is 11.3 Å². The Kier molecular flexibility index (Phi) is 5.40. The molecule has 1 aromatic carbocycles. The molecule has 0 saturated carbocycles. The molecule has 26 heavy (non-hydrogen) atoms. The predicted octanol–water partition coefficient (Wildman–Crippen LogP) is 4.17. The van der Waals surface area contributed by atoms with Gasteiger partial charge in [-0.05, 0) is 23.3 Å². The Hall–Kier alpha value is -2.43. The lowest BCUT2D eigenvalue weighted by atomic mass is 9.69. The van der Waals surface area contributed by atoms with Crippen LogP contribution >= 0.6 is 0 Å². The Morgan fingerprint density at radius 2 is 1.69 bits per heavy atom. The van der Waals surface area contributed by atoms with Crippen molar-refractivity contribution in [1.29, 1.82) is 0 Å². The normalized spacial score (nSPS) is 14.4. The number of benzene rings is 1. The first-order valence-electron chi connectivity index (χ1n) is 8.91. The molecule has 0 unspecified atom stereocenters. The highest BCUT2D eigenvalue weighted by atomic mass is 16.4. The van der Waals surface area contributed by atoms with E-state index >= 15 is 0 Å². The molecule has 1 atom stereocenters. The Balaban J connectivity index is 2.73. The topological polar surface area (TPSA) is 82.7 Å². The van der Waals surface area contributed by atoms with Gasteiger partial charge in [-0.15, -0.1) is 0 Å². The molecular formula is C21H29NO4. The van der Waals surface area contributed by atoms with E-state index in [4.69, 9.17) is 0 Å². The van der Waals surface area contributed by atoms with Gasteiger partial charge in [0.2, 0.25) is 0 Å². The van der Waals surface area contributed by atoms with Crippen molar-refractivity contribution >= 4 is 5.97 Å². The van der Waals surface area contributed by atoms with Gasteiger partial charge in [-0.25, -0.2) is 4.79 Å². The van der Waals surface area contributed by atoms with Crippen LogP contribution in [0.4, 0.5) is 0 Å². The molecular weight excluding hydrogens is 330 g/mol. The van der Waals surface area contributed by atoms with Crippen LogP contribution < -0.4 is 0 Å². The Morgan fingerprint density at radius 3 is 2.15 bits per heavy atom. The quantitative estimate of drug-likeness (QED) is 0.723. The van der Waals surface area contributed by atoms with E-state index in [9.17, 15) is 20.1 Å². The van der Waals surface area contributed by atoms with E-state index in [0.29, 0.717) is 12.0 Å². The first-order chi connectivity index (χ1) is 12.0. The average molecular weight is 359 g/mol. The van der Waals surface area contributed by atoms with E-state index in [1.807, 2.05) is 65.0 Å². The average Bonchev–Trinajstić information content (AvgIpc) is 2.78. The van der Waals surface area contributed by atoms with Gasteiger partial charge in [0.15, 0.2) is 17.3 Å². The fourth-order valence-electron chi connectivity index (χ4n) is 3.57. The molecule has 0 amide bonds. The van der Waals surface area contributed by atoms with Gasteiger partial charge in [0.1, 0.15) is 0 Å². The van der Waals surface area contributed by atoms with Crippen molar-refractivity contribution in [3.8, 4) is 11.8 Å². The van der Waals surface area contributed by atoms with Crippen LogP contribution in [0.2, 0.25) is 0 Å². The third-order valence-electron chi connectivity index (χ3n) is 4.94. The van der Waals surface area contributed by atoms with Crippen molar-refractivity contribution in [2.45, 2.75) is 53.0 Å². The second kappa shape index (κ2) is 7.06. The minimum Gasteiger partial charge on any atom is -0.494 e. The number of carboxylic acids is 1. The highest BCUT2D eigenvalue weighted by Crippen LogP contribution is 2.47. The monoisotopic (exact) mass is 359 g/mol. The Morgan fingerprint density at radius 1 is 1.12 bits per heavy atom. The highest BCUT2D eigenvalue weighted by Gasteiger charge is 2.53. The van der Waals surface area contributed by atoms with Gasteiger partial charge in [-0.1, -0.05) is 65.0 Å². The van der Waals surface area contributed by atoms with Gasteiger partial charge in [0.05, 0.1) is 0 Å². The van der Waals surface area contributed by atoms with Crippen molar-refractivity contribution in [2.75, 3.05) is 0 Å². The fraction of sp³-hybridized carbons (Fsp3) is 0.476. The summed E-state index contributed by atoms with van der Waals surface area (Å²) in [7, 11) is 0. The lowest BCUT2D eigenvalue weighted by Gasteiger charge is -2.43. The molecule has 0 bridgehead atoms. The van der Waals surface area contributed by atoms with Crippen molar-refractivity contribution in [1.82, 2.24) is 4.57 Å². The number of nitrogens with zero attached hydrogens (tertiary/aromatic N) is 1. The largest absolute Gasteiger partial charge is 0.494 e.